The number of likely N-dealkylation sites (N-methyl/N-ethyl adjacent to an activating group) is 1. The summed E-state index contributed by atoms with van der Waals surface area (Å²) >= 11 is 0. The molecule has 2 aromatic rings. The largest absolute Gasteiger partial charge is 0.457 e. The van der Waals surface area contributed by atoms with Crippen molar-refractivity contribution in [2.24, 2.45) is 5.92 Å². The standard InChI is InChI=1S/C28H37NO2/c1-5-6-7-8-22-9-14-27-18-26(16-15-25(27)17-22)24-12-10-23(11-13-24)20-31-28(30)21(2)19-29(3)4/h10-13,15-16,18,22H,2,5-9,14,17,19-20H2,1,3-4H3. The molecule has 0 aliphatic heterocycles. The maximum atomic E-state index is 12.0. The predicted molar refractivity (Wildman–Crippen MR) is 129 cm³/mol. The number of carbonyl (C=O) groups excluding carboxylic acids is 1. The van der Waals surface area contributed by atoms with E-state index in [4.69, 9.17) is 4.74 Å². The molecule has 0 saturated heterocycles. The molecule has 31 heavy (non-hydrogen) atoms. The smallest absolute Gasteiger partial charge is 0.335 e. The summed E-state index contributed by atoms with van der Waals surface area (Å²) in [4.78, 5) is 13.9. The van der Waals surface area contributed by atoms with Crippen molar-refractivity contribution in [2.45, 2.75) is 58.5 Å². The molecule has 0 amide bonds. The van der Waals surface area contributed by atoms with E-state index in [0.717, 1.165) is 11.5 Å². The van der Waals surface area contributed by atoms with Gasteiger partial charge in [0.25, 0.3) is 0 Å². The van der Waals surface area contributed by atoms with Gasteiger partial charge in [-0.1, -0.05) is 81.7 Å². The maximum Gasteiger partial charge on any atom is 0.335 e. The van der Waals surface area contributed by atoms with Gasteiger partial charge in [0.2, 0.25) is 0 Å². The first-order valence-corrected chi connectivity index (χ1v) is 11.7. The number of unbranched alkanes of at least 4 members (excludes halogenated alkanes) is 2. The second-order valence-electron chi connectivity index (χ2n) is 9.20. The van der Waals surface area contributed by atoms with Crippen molar-refractivity contribution in [3.8, 4) is 11.1 Å². The van der Waals surface area contributed by atoms with Gasteiger partial charge in [-0.3, -0.25) is 0 Å². The van der Waals surface area contributed by atoms with Crippen molar-refractivity contribution in [1.29, 1.82) is 0 Å². The maximum absolute atomic E-state index is 12.0. The average Bonchev–Trinajstić information content (AvgIpc) is 2.77. The highest BCUT2D eigenvalue weighted by Crippen LogP contribution is 2.32. The van der Waals surface area contributed by atoms with Crippen LogP contribution in [0.15, 0.2) is 54.6 Å². The molecule has 1 aliphatic carbocycles. The van der Waals surface area contributed by atoms with E-state index < -0.39 is 0 Å². The zero-order valence-electron chi connectivity index (χ0n) is 19.5. The van der Waals surface area contributed by atoms with Gasteiger partial charge in [-0.15, -0.1) is 0 Å². The summed E-state index contributed by atoms with van der Waals surface area (Å²) in [7, 11) is 3.81. The third-order valence-corrected chi connectivity index (χ3v) is 6.21. The molecule has 3 nitrogen and oxygen atoms in total. The molecule has 0 bridgehead atoms. The number of aryl methyl sites for hydroxylation is 1. The topological polar surface area (TPSA) is 29.5 Å². The molecule has 3 rings (SSSR count). The van der Waals surface area contributed by atoms with Crippen LogP contribution in [-0.2, 0) is 29.0 Å². The Kier molecular flexibility index (Phi) is 8.48. The minimum atomic E-state index is -0.333. The molecule has 3 heteroatoms. The highest BCUT2D eigenvalue weighted by molar-refractivity contribution is 5.88. The first-order valence-electron chi connectivity index (χ1n) is 11.7. The quantitative estimate of drug-likeness (QED) is 0.261. The molecular formula is C28H37NO2. The first-order chi connectivity index (χ1) is 15.0. The van der Waals surface area contributed by atoms with E-state index in [1.54, 1.807) is 0 Å². The number of benzene rings is 2. The van der Waals surface area contributed by atoms with Crippen LogP contribution in [-0.4, -0.2) is 31.5 Å². The molecule has 0 spiro atoms. The Balaban J connectivity index is 1.57. The van der Waals surface area contributed by atoms with E-state index in [2.05, 4.69) is 43.8 Å². The van der Waals surface area contributed by atoms with Gasteiger partial charge < -0.3 is 9.64 Å². The molecule has 0 aromatic heterocycles. The van der Waals surface area contributed by atoms with Gasteiger partial charge >= 0.3 is 5.97 Å². The van der Waals surface area contributed by atoms with Crippen LogP contribution in [0.5, 0.6) is 0 Å². The lowest BCUT2D eigenvalue weighted by molar-refractivity contribution is -0.140. The molecule has 0 saturated carbocycles. The number of carbonyl (C=O) groups is 1. The summed E-state index contributed by atoms with van der Waals surface area (Å²) in [6.45, 7) is 6.86. The van der Waals surface area contributed by atoms with E-state index in [1.165, 1.54) is 67.2 Å². The van der Waals surface area contributed by atoms with Crippen molar-refractivity contribution in [3.05, 3.63) is 71.3 Å². The molecule has 166 valence electrons. The molecular weight excluding hydrogens is 382 g/mol. The lowest BCUT2D eigenvalue weighted by atomic mass is 9.80. The fourth-order valence-electron chi connectivity index (χ4n) is 4.43. The van der Waals surface area contributed by atoms with Crippen molar-refractivity contribution in [3.63, 3.8) is 0 Å². The van der Waals surface area contributed by atoms with Gasteiger partial charge in [0.05, 0.1) is 0 Å². The van der Waals surface area contributed by atoms with Crippen molar-refractivity contribution in [1.82, 2.24) is 4.90 Å². The van der Waals surface area contributed by atoms with E-state index in [9.17, 15) is 4.79 Å². The van der Waals surface area contributed by atoms with Gasteiger partial charge in [0.1, 0.15) is 6.61 Å². The molecule has 0 fully saturated rings. The number of rotatable bonds is 10. The SMILES string of the molecule is C=C(CN(C)C)C(=O)OCc1ccc(-c2ccc3c(c2)CCC(CCCCC)C3)cc1. The summed E-state index contributed by atoms with van der Waals surface area (Å²) in [5, 5.41) is 0. The molecule has 0 radical (unpaired) electrons. The molecule has 1 atom stereocenters. The van der Waals surface area contributed by atoms with Crippen molar-refractivity contribution < 1.29 is 9.53 Å². The van der Waals surface area contributed by atoms with Crippen LogP contribution in [0.2, 0.25) is 0 Å². The van der Waals surface area contributed by atoms with E-state index in [-0.39, 0.29) is 12.6 Å². The minimum absolute atomic E-state index is 0.273. The normalized spacial score (nSPS) is 15.5. The third kappa shape index (κ3) is 6.80. The Hall–Kier alpha value is -2.39. The lowest BCUT2D eigenvalue weighted by Crippen LogP contribution is -2.20. The minimum Gasteiger partial charge on any atom is -0.457 e. The van der Waals surface area contributed by atoms with E-state index in [1.807, 2.05) is 31.1 Å². The van der Waals surface area contributed by atoms with Gasteiger partial charge in [0, 0.05) is 12.1 Å². The number of fused-ring (bicyclic) bond motifs is 1. The molecule has 0 heterocycles. The Bertz CT molecular complexity index is 882. The van der Waals surface area contributed by atoms with Crippen molar-refractivity contribution >= 4 is 5.97 Å². The Labute approximate surface area is 188 Å². The molecule has 0 N–H and O–H groups in total. The summed E-state index contributed by atoms with van der Waals surface area (Å²) < 4.78 is 5.39. The van der Waals surface area contributed by atoms with Gasteiger partial charge in [-0.2, -0.15) is 0 Å². The van der Waals surface area contributed by atoms with E-state index >= 15 is 0 Å². The highest BCUT2D eigenvalue weighted by atomic mass is 16.5. The van der Waals surface area contributed by atoms with Crippen LogP contribution in [0, 0.1) is 5.92 Å². The van der Waals surface area contributed by atoms with Gasteiger partial charge in [0.15, 0.2) is 0 Å². The molecule has 1 unspecified atom stereocenters. The zero-order valence-corrected chi connectivity index (χ0v) is 19.5. The van der Waals surface area contributed by atoms with Crippen LogP contribution < -0.4 is 0 Å². The van der Waals surface area contributed by atoms with Crippen LogP contribution in [0.1, 0.15) is 55.7 Å². The Morgan fingerprint density at radius 2 is 1.81 bits per heavy atom. The highest BCUT2D eigenvalue weighted by Gasteiger charge is 2.18. The van der Waals surface area contributed by atoms with Crippen LogP contribution in [0.4, 0.5) is 0 Å². The lowest BCUT2D eigenvalue weighted by Gasteiger charge is -2.25. The number of esters is 1. The number of ether oxygens (including phenoxy) is 1. The fourth-order valence-corrected chi connectivity index (χ4v) is 4.43. The summed E-state index contributed by atoms with van der Waals surface area (Å²) in [6.07, 6.45) is 9.18. The van der Waals surface area contributed by atoms with Crippen LogP contribution >= 0.6 is 0 Å². The number of hydrogen-bond donors (Lipinski definition) is 0. The van der Waals surface area contributed by atoms with Crippen LogP contribution in [0.3, 0.4) is 0 Å². The van der Waals surface area contributed by atoms with Gasteiger partial charge in [-0.05, 0) is 67.1 Å². The summed E-state index contributed by atoms with van der Waals surface area (Å²) in [6, 6.07) is 15.3. The monoisotopic (exact) mass is 419 g/mol. The summed E-state index contributed by atoms with van der Waals surface area (Å²) in [5.74, 6) is 0.529. The predicted octanol–water partition coefficient (Wildman–Crippen LogP) is 6.20. The van der Waals surface area contributed by atoms with Gasteiger partial charge in [-0.25, -0.2) is 4.79 Å². The average molecular weight is 420 g/mol. The molecule has 1 aliphatic rings. The van der Waals surface area contributed by atoms with Crippen molar-refractivity contribution in [2.75, 3.05) is 20.6 Å². The zero-order chi connectivity index (χ0) is 22.2. The van der Waals surface area contributed by atoms with Crippen LogP contribution in [0.25, 0.3) is 11.1 Å². The second-order valence-corrected chi connectivity index (χ2v) is 9.20. The first kappa shape index (κ1) is 23.3. The fraction of sp³-hybridized carbons (Fsp3) is 0.464. The Morgan fingerprint density at radius 3 is 2.52 bits per heavy atom. The molecule has 2 aromatic carbocycles. The third-order valence-electron chi connectivity index (χ3n) is 6.21. The second kappa shape index (κ2) is 11.3. The number of hydrogen-bond acceptors (Lipinski definition) is 3. The summed E-state index contributed by atoms with van der Waals surface area (Å²) in [5.41, 5.74) is 7.00. The Morgan fingerprint density at radius 1 is 1.06 bits per heavy atom. The number of nitrogens with zero attached hydrogens (tertiary/aromatic N) is 1. The van der Waals surface area contributed by atoms with E-state index in [0.29, 0.717) is 12.1 Å².